The molecule has 0 radical (unpaired) electrons. The van der Waals surface area contributed by atoms with Gasteiger partial charge in [0.25, 0.3) is 0 Å². The standard InChI is InChI=1S/C26H32N6O4/c1-16-9-18(12-28)31(13-16)23(33)20(29-25(35)36-26(2,3)4)15-30-14-19-10-22(30)24(34)32(19)21-8-6-5-7-17(21)11-27/h5-8,16,18-20,22H,9-10,13-15H2,1-4H3,(H,29,35)/t16?,18?,19-,20?,22?/m0/s1. The molecule has 3 aliphatic heterocycles. The second-order valence-electron chi connectivity index (χ2n) is 10.9. The second-order valence-corrected chi connectivity index (χ2v) is 10.9. The lowest BCUT2D eigenvalue weighted by Gasteiger charge is -2.36. The van der Waals surface area contributed by atoms with E-state index in [-0.39, 0.29) is 30.3 Å². The molecule has 3 aliphatic rings. The van der Waals surface area contributed by atoms with Crippen molar-refractivity contribution in [3.63, 3.8) is 0 Å². The average molecular weight is 493 g/mol. The summed E-state index contributed by atoms with van der Waals surface area (Å²) in [6.07, 6.45) is 0.441. The van der Waals surface area contributed by atoms with E-state index < -0.39 is 29.8 Å². The van der Waals surface area contributed by atoms with Crippen LogP contribution in [-0.2, 0) is 14.3 Å². The zero-order valence-corrected chi connectivity index (χ0v) is 21.1. The largest absolute Gasteiger partial charge is 0.444 e. The van der Waals surface area contributed by atoms with Gasteiger partial charge in [0.1, 0.15) is 23.8 Å². The van der Waals surface area contributed by atoms with Crippen molar-refractivity contribution in [2.24, 2.45) is 5.92 Å². The summed E-state index contributed by atoms with van der Waals surface area (Å²) in [4.78, 5) is 44.6. The van der Waals surface area contributed by atoms with Crippen molar-refractivity contribution < 1.29 is 19.1 Å². The minimum Gasteiger partial charge on any atom is -0.444 e. The fraction of sp³-hybridized carbons (Fsp3) is 0.577. The van der Waals surface area contributed by atoms with Crippen molar-refractivity contribution >= 4 is 23.6 Å². The summed E-state index contributed by atoms with van der Waals surface area (Å²) in [6, 6.07) is 9.27. The predicted molar refractivity (Wildman–Crippen MR) is 130 cm³/mol. The number of likely N-dealkylation sites (tertiary alicyclic amines) is 2. The van der Waals surface area contributed by atoms with Gasteiger partial charge in [0, 0.05) is 19.6 Å². The third kappa shape index (κ3) is 5.00. The molecule has 0 spiro atoms. The van der Waals surface area contributed by atoms with Gasteiger partial charge < -0.3 is 19.9 Å². The molecule has 3 fully saturated rings. The number of ether oxygens (including phenoxy) is 1. The van der Waals surface area contributed by atoms with Gasteiger partial charge in [-0.15, -0.1) is 0 Å². The van der Waals surface area contributed by atoms with E-state index >= 15 is 0 Å². The van der Waals surface area contributed by atoms with Crippen molar-refractivity contribution in [2.75, 3.05) is 24.5 Å². The van der Waals surface area contributed by atoms with E-state index in [1.54, 1.807) is 49.9 Å². The summed E-state index contributed by atoms with van der Waals surface area (Å²) < 4.78 is 5.39. The van der Waals surface area contributed by atoms with Gasteiger partial charge in [-0.1, -0.05) is 19.1 Å². The molecule has 4 rings (SSSR count). The van der Waals surface area contributed by atoms with E-state index in [1.807, 2.05) is 11.8 Å². The lowest BCUT2D eigenvalue weighted by molar-refractivity contribution is -0.135. The highest BCUT2D eigenvalue weighted by atomic mass is 16.6. The molecular weight excluding hydrogens is 460 g/mol. The number of rotatable bonds is 5. The fourth-order valence-electron chi connectivity index (χ4n) is 5.44. The van der Waals surface area contributed by atoms with Gasteiger partial charge in [0.2, 0.25) is 11.8 Å². The molecule has 5 atom stereocenters. The van der Waals surface area contributed by atoms with Crippen LogP contribution in [0.4, 0.5) is 10.5 Å². The Labute approximate surface area is 211 Å². The SMILES string of the molecule is CC1CC(C#N)N(C(=O)C(CN2C[C@@H]3CC2C(=O)N3c2ccccc2C#N)NC(=O)OC(C)(C)C)C1. The van der Waals surface area contributed by atoms with Crippen molar-refractivity contribution in [3.05, 3.63) is 29.8 Å². The molecule has 1 N–H and O–H groups in total. The van der Waals surface area contributed by atoms with E-state index in [2.05, 4.69) is 17.5 Å². The maximum Gasteiger partial charge on any atom is 0.408 e. The van der Waals surface area contributed by atoms with E-state index in [9.17, 15) is 24.9 Å². The minimum absolute atomic E-state index is 0.123. The van der Waals surface area contributed by atoms with Crippen LogP contribution >= 0.6 is 0 Å². The van der Waals surface area contributed by atoms with Crippen molar-refractivity contribution in [1.29, 1.82) is 10.5 Å². The molecule has 3 heterocycles. The van der Waals surface area contributed by atoms with Crippen LogP contribution in [0.3, 0.4) is 0 Å². The molecule has 1 aromatic carbocycles. The molecule has 4 unspecified atom stereocenters. The smallest absolute Gasteiger partial charge is 0.408 e. The molecule has 0 saturated carbocycles. The number of hydrogen-bond donors (Lipinski definition) is 1. The van der Waals surface area contributed by atoms with E-state index in [0.29, 0.717) is 37.2 Å². The van der Waals surface area contributed by atoms with Gasteiger partial charge in [-0.2, -0.15) is 10.5 Å². The number of hydrogen-bond acceptors (Lipinski definition) is 7. The van der Waals surface area contributed by atoms with E-state index in [0.717, 1.165) is 0 Å². The quantitative estimate of drug-likeness (QED) is 0.665. The van der Waals surface area contributed by atoms with Gasteiger partial charge in [-0.05, 0) is 51.7 Å². The first kappa shape index (κ1) is 25.5. The molecule has 1 aromatic rings. The first-order valence-corrected chi connectivity index (χ1v) is 12.3. The Hall–Kier alpha value is -3.63. The number of amides is 3. The summed E-state index contributed by atoms with van der Waals surface area (Å²) >= 11 is 0. The molecule has 190 valence electrons. The number of para-hydroxylation sites is 1. The summed E-state index contributed by atoms with van der Waals surface area (Å²) in [5, 5.41) is 21.7. The topological polar surface area (TPSA) is 130 Å². The number of alkyl carbamates (subject to hydrolysis) is 1. The van der Waals surface area contributed by atoms with Gasteiger partial charge in [0.05, 0.1) is 29.4 Å². The van der Waals surface area contributed by atoms with Crippen LogP contribution in [0.15, 0.2) is 24.3 Å². The summed E-state index contributed by atoms with van der Waals surface area (Å²) in [5.41, 5.74) is 0.293. The zero-order valence-electron chi connectivity index (χ0n) is 21.1. The molecule has 0 aliphatic carbocycles. The van der Waals surface area contributed by atoms with Crippen LogP contribution in [0.5, 0.6) is 0 Å². The van der Waals surface area contributed by atoms with Crippen LogP contribution in [0.25, 0.3) is 0 Å². The minimum atomic E-state index is -0.965. The molecule has 3 amide bonds. The maximum atomic E-state index is 13.6. The Morgan fingerprint density at radius 3 is 2.56 bits per heavy atom. The van der Waals surface area contributed by atoms with Crippen molar-refractivity contribution in [1.82, 2.24) is 15.1 Å². The van der Waals surface area contributed by atoms with Crippen LogP contribution < -0.4 is 10.2 Å². The predicted octanol–water partition coefficient (Wildman–Crippen LogP) is 2.00. The Morgan fingerprint density at radius 2 is 1.92 bits per heavy atom. The zero-order chi connectivity index (χ0) is 26.2. The van der Waals surface area contributed by atoms with Gasteiger partial charge >= 0.3 is 6.09 Å². The average Bonchev–Trinajstić information content (AvgIpc) is 3.49. The third-order valence-electron chi connectivity index (χ3n) is 6.90. The highest BCUT2D eigenvalue weighted by molar-refractivity contribution is 6.02. The second kappa shape index (κ2) is 9.79. The number of carbonyl (C=O) groups is 3. The lowest BCUT2D eigenvalue weighted by atomic mass is 10.1. The van der Waals surface area contributed by atoms with Crippen LogP contribution in [-0.4, -0.2) is 77.1 Å². The monoisotopic (exact) mass is 492 g/mol. The Balaban J connectivity index is 1.52. The van der Waals surface area contributed by atoms with Gasteiger partial charge in [0.15, 0.2) is 0 Å². The number of fused-ring (bicyclic) bond motifs is 2. The number of carbonyl (C=O) groups excluding carboxylic acids is 3. The summed E-state index contributed by atoms with van der Waals surface area (Å²) in [6.45, 7) is 8.28. The van der Waals surface area contributed by atoms with Crippen molar-refractivity contribution in [2.45, 2.75) is 70.3 Å². The molecule has 3 saturated heterocycles. The van der Waals surface area contributed by atoms with Crippen LogP contribution in [0.1, 0.15) is 46.1 Å². The number of anilines is 1. The number of nitriles is 2. The normalized spacial score (nSPS) is 26.4. The number of nitrogens with one attached hydrogen (secondary N) is 1. The van der Waals surface area contributed by atoms with E-state index in [4.69, 9.17) is 4.74 Å². The Morgan fingerprint density at radius 1 is 1.19 bits per heavy atom. The molecular formula is C26H32N6O4. The highest BCUT2D eigenvalue weighted by Crippen LogP contribution is 2.37. The molecule has 2 bridgehead atoms. The third-order valence-corrected chi connectivity index (χ3v) is 6.90. The summed E-state index contributed by atoms with van der Waals surface area (Å²) in [5.74, 6) is -0.292. The van der Waals surface area contributed by atoms with Gasteiger partial charge in [-0.25, -0.2) is 4.79 Å². The number of nitrogens with zero attached hydrogens (tertiary/aromatic N) is 5. The highest BCUT2D eigenvalue weighted by Gasteiger charge is 2.51. The summed E-state index contributed by atoms with van der Waals surface area (Å²) in [7, 11) is 0. The van der Waals surface area contributed by atoms with Crippen molar-refractivity contribution in [3.8, 4) is 12.1 Å². The Kier molecular flexibility index (Phi) is 6.92. The molecule has 36 heavy (non-hydrogen) atoms. The first-order chi connectivity index (χ1) is 17.0. The van der Waals surface area contributed by atoms with Gasteiger partial charge in [-0.3, -0.25) is 14.5 Å². The van der Waals surface area contributed by atoms with E-state index in [1.165, 1.54) is 4.90 Å². The van der Waals surface area contributed by atoms with Crippen LogP contribution in [0, 0.1) is 28.6 Å². The molecule has 10 heteroatoms. The fourth-order valence-corrected chi connectivity index (χ4v) is 5.44. The number of benzene rings is 1. The Bertz CT molecular complexity index is 1130. The molecule has 10 nitrogen and oxygen atoms in total. The number of piperazine rings is 1. The van der Waals surface area contributed by atoms with Crippen LogP contribution in [0.2, 0.25) is 0 Å². The maximum absolute atomic E-state index is 13.6. The first-order valence-electron chi connectivity index (χ1n) is 12.3. The lowest BCUT2D eigenvalue weighted by Crippen LogP contribution is -2.59. The molecule has 0 aromatic heterocycles.